The van der Waals surface area contributed by atoms with Gasteiger partial charge in [0.15, 0.2) is 29.0 Å². The zero-order valence-electron chi connectivity index (χ0n) is 16.1. The van der Waals surface area contributed by atoms with Crippen molar-refractivity contribution in [3.8, 4) is 5.75 Å². The second-order valence-corrected chi connectivity index (χ2v) is 6.57. The Labute approximate surface area is 172 Å². The van der Waals surface area contributed by atoms with Gasteiger partial charge in [-0.15, -0.1) is 0 Å². The van der Waals surface area contributed by atoms with Gasteiger partial charge < -0.3 is 14.5 Å². The van der Waals surface area contributed by atoms with E-state index in [-0.39, 0.29) is 44.1 Å². The van der Waals surface area contributed by atoms with E-state index in [2.05, 4.69) is 0 Å². The number of hydrogen-bond acceptors (Lipinski definition) is 5. The van der Waals surface area contributed by atoms with Crippen LogP contribution in [0.4, 0.5) is 33.3 Å². The third kappa shape index (κ3) is 4.09. The van der Waals surface area contributed by atoms with Crippen molar-refractivity contribution in [1.29, 1.82) is 0 Å². The van der Waals surface area contributed by atoms with Gasteiger partial charge in [-0.1, -0.05) is 0 Å². The van der Waals surface area contributed by atoms with Crippen molar-refractivity contribution in [3.05, 3.63) is 63.0 Å². The Hall–Kier alpha value is -3.44. The van der Waals surface area contributed by atoms with Gasteiger partial charge >= 0.3 is 5.69 Å². The van der Waals surface area contributed by atoms with Crippen LogP contribution in [0.3, 0.4) is 0 Å². The van der Waals surface area contributed by atoms with Gasteiger partial charge in [0.1, 0.15) is 5.69 Å². The lowest BCUT2D eigenvalue weighted by Gasteiger charge is -2.36. The molecule has 1 aliphatic heterocycles. The number of carbonyl (C=O) groups excluding carboxylic acids is 1. The topological polar surface area (TPSA) is 75.9 Å². The molecule has 12 heteroatoms. The maximum absolute atomic E-state index is 14.0. The fourth-order valence-electron chi connectivity index (χ4n) is 3.26. The predicted octanol–water partition coefficient (Wildman–Crippen LogP) is 3.65. The third-order valence-electron chi connectivity index (χ3n) is 4.77. The minimum atomic E-state index is -2.25. The molecular weight excluding hydrogens is 429 g/mol. The minimum Gasteiger partial charge on any atom is -0.487 e. The van der Waals surface area contributed by atoms with E-state index in [1.807, 2.05) is 0 Å². The van der Waals surface area contributed by atoms with E-state index in [4.69, 9.17) is 4.74 Å². The Morgan fingerprint density at radius 1 is 1.00 bits per heavy atom. The maximum Gasteiger partial charge on any atom is 0.311 e. The first kappa shape index (κ1) is 22.2. The van der Waals surface area contributed by atoms with Crippen molar-refractivity contribution >= 4 is 17.3 Å². The molecule has 0 atom stereocenters. The van der Waals surface area contributed by atoms with Crippen molar-refractivity contribution in [3.63, 3.8) is 0 Å². The molecule has 1 fully saturated rings. The summed E-state index contributed by atoms with van der Waals surface area (Å²) in [4.78, 5) is 25.5. The molecule has 3 rings (SSSR count). The summed E-state index contributed by atoms with van der Waals surface area (Å²) in [6.07, 6.45) is 0. The van der Waals surface area contributed by atoms with Crippen LogP contribution in [0.2, 0.25) is 0 Å². The van der Waals surface area contributed by atoms with Crippen molar-refractivity contribution in [2.24, 2.45) is 0 Å². The number of amides is 1. The molecule has 1 amide bonds. The smallest absolute Gasteiger partial charge is 0.311 e. The fourth-order valence-corrected chi connectivity index (χ4v) is 3.26. The van der Waals surface area contributed by atoms with Crippen LogP contribution in [0.25, 0.3) is 0 Å². The summed E-state index contributed by atoms with van der Waals surface area (Å²) in [5.41, 5.74) is -1.45. The van der Waals surface area contributed by atoms with Crippen LogP contribution in [0.15, 0.2) is 18.2 Å². The number of ether oxygens (including phenoxy) is 1. The lowest BCUT2D eigenvalue weighted by atomic mass is 10.1. The standard InChI is InChI=1S/C19H16F5N3O4/c1-2-31-12-4-3-10(9-11(12)27(29)30)19(28)26-7-5-25(6-8-26)18-16(23)14(21)13(20)15(22)17(18)24/h3-4,9H,2,5-8H2,1H3. The highest BCUT2D eigenvalue weighted by atomic mass is 19.2. The largest absolute Gasteiger partial charge is 0.487 e. The highest BCUT2D eigenvalue weighted by Crippen LogP contribution is 2.32. The Morgan fingerprint density at radius 2 is 1.55 bits per heavy atom. The molecule has 2 aromatic rings. The number of anilines is 1. The van der Waals surface area contributed by atoms with Crippen LogP contribution in [-0.4, -0.2) is 48.5 Å². The van der Waals surface area contributed by atoms with E-state index >= 15 is 0 Å². The summed E-state index contributed by atoms with van der Waals surface area (Å²) < 4.78 is 73.3. The number of nitrogens with zero attached hydrogens (tertiary/aromatic N) is 3. The molecule has 2 aromatic carbocycles. The van der Waals surface area contributed by atoms with Crippen LogP contribution in [0.5, 0.6) is 5.75 Å². The molecule has 1 heterocycles. The first-order valence-corrected chi connectivity index (χ1v) is 9.14. The quantitative estimate of drug-likeness (QED) is 0.231. The second kappa shape index (κ2) is 8.74. The van der Waals surface area contributed by atoms with Crippen LogP contribution < -0.4 is 9.64 Å². The van der Waals surface area contributed by atoms with Gasteiger partial charge in [-0.2, -0.15) is 0 Å². The number of nitro groups is 1. The number of rotatable bonds is 5. The SMILES string of the molecule is CCOc1ccc(C(=O)N2CCN(c3c(F)c(F)c(F)c(F)c3F)CC2)cc1[N+](=O)[O-]. The van der Waals surface area contributed by atoms with Crippen molar-refractivity contribution < 1.29 is 36.4 Å². The second-order valence-electron chi connectivity index (χ2n) is 6.57. The van der Waals surface area contributed by atoms with Gasteiger partial charge in [-0.25, -0.2) is 22.0 Å². The fraction of sp³-hybridized carbons (Fsp3) is 0.316. The first-order valence-electron chi connectivity index (χ1n) is 9.14. The normalized spacial score (nSPS) is 14.0. The van der Waals surface area contributed by atoms with E-state index in [1.165, 1.54) is 17.0 Å². The van der Waals surface area contributed by atoms with Crippen LogP contribution in [0, 0.1) is 39.2 Å². The van der Waals surface area contributed by atoms with Crippen LogP contribution in [-0.2, 0) is 0 Å². The molecule has 0 bridgehead atoms. The molecule has 0 radical (unpaired) electrons. The minimum absolute atomic E-state index is 0.000153. The molecule has 0 unspecified atom stereocenters. The van der Waals surface area contributed by atoms with E-state index < -0.39 is 51.3 Å². The monoisotopic (exact) mass is 445 g/mol. The number of carbonyl (C=O) groups is 1. The molecular formula is C19H16F5N3O4. The summed E-state index contributed by atoms with van der Waals surface area (Å²) in [5.74, 6) is -10.8. The van der Waals surface area contributed by atoms with Gasteiger partial charge in [-0.3, -0.25) is 14.9 Å². The lowest BCUT2D eigenvalue weighted by Crippen LogP contribution is -2.49. The van der Waals surface area contributed by atoms with Crippen molar-refractivity contribution in [2.45, 2.75) is 6.92 Å². The van der Waals surface area contributed by atoms with Gasteiger partial charge in [-0.05, 0) is 19.1 Å². The van der Waals surface area contributed by atoms with E-state index in [0.717, 1.165) is 11.0 Å². The molecule has 31 heavy (non-hydrogen) atoms. The summed E-state index contributed by atoms with van der Waals surface area (Å²) >= 11 is 0. The summed E-state index contributed by atoms with van der Waals surface area (Å²) in [5, 5.41) is 11.2. The van der Waals surface area contributed by atoms with Gasteiger partial charge in [0.2, 0.25) is 5.82 Å². The number of nitro benzene ring substituents is 1. The van der Waals surface area contributed by atoms with Crippen LogP contribution in [0.1, 0.15) is 17.3 Å². The highest BCUT2D eigenvalue weighted by molar-refractivity contribution is 5.95. The Bertz CT molecular complexity index is 1010. The average Bonchev–Trinajstić information content (AvgIpc) is 2.77. The number of benzene rings is 2. The van der Waals surface area contributed by atoms with E-state index in [0.29, 0.717) is 0 Å². The summed E-state index contributed by atoms with van der Waals surface area (Å²) in [6.45, 7) is 1.23. The Morgan fingerprint density at radius 3 is 2.06 bits per heavy atom. The van der Waals surface area contributed by atoms with Crippen molar-refractivity contribution in [1.82, 2.24) is 4.90 Å². The van der Waals surface area contributed by atoms with Gasteiger partial charge in [0, 0.05) is 37.8 Å². The zero-order valence-corrected chi connectivity index (χ0v) is 16.1. The van der Waals surface area contributed by atoms with Crippen molar-refractivity contribution in [2.75, 3.05) is 37.7 Å². The molecule has 1 saturated heterocycles. The highest BCUT2D eigenvalue weighted by Gasteiger charge is 2.32. The Kier molecular flexibility index (Phi) is 6.27. The molecule has 0 N–H and O–H groups in total. The van der Waals surface area contributed by atoms with Crippen LogP contribution >= 0.6 is 0 Å². The number of piperazine rings is 1. The molecule has 0 aliphatic carbocycles. The van der Waals surface area contributed by atoms with Gasteiger partial charge in [0.25, 0.3) is 5.91 Å². The molecule has 0 saturated carbocycles. The van der Waals surface area contributed by atoms with E-state index in [9.17, 15) is 36.9 Å². The molecule has 1 aliphatic rings. The average molecular weight is 445 g/mol. The third-order valence-corrected chi connectivity index (χ3v) is 4.77. The predicted molar refractivity (Wildman–Crippen MR) is 98.6 cm³/mol. The molecule has 0 aromatic heterocycles. The lowest BCUT2D eigenvalue weighted by molar-refractivity contribution is -0.385. The molecule has 166 valence electrons. The Balaban J connectivity index is 1.78. The molecule has 7 nitrogen and oxygen atoms in total. The first-order chi connectivity index (χ1) is 14.7. The van der Waals surface area contributed by atoms with Gasteiger partial charge in [0.05, 0.1) is 11.5 Å². The number of hydrogen-bond donors (Lipinski definition) is 0. The maximum atomic E-state index is 14.0. The summed E-state index contributed by atoms with van der Waals surface area (Å²) in [6, 6.07) is 3.69. The summed E-state index contributed by atoms with van der Waals surface area (Å²) in [7, 11) is 0. The zero-order chi connectivity index (χ0) is 22.9. The number of halogens is 5. The molecule has 0 spiro atoms. The van der Waals surface area contributed by atoms with E-state index in [1.54, 1.807) is 6.92 Å².